The predicted molar refractivity (Wildman–Crippen MR) is 77.8 cm³/mol. The first-order valence-electron chi connectivity index (χ1n) is 7.35. The molecule has 1 fully saturated rings. The van der Waals surface area contributed by atoms with Crippen LogP contribution in [0.25, 0.3) is 0 Å². The van der Waals surface area contributed by atoms with E-state index in [-0.39, 0.29) is 11.9 Å². The molecule has 0 aromatic heterocycles. The number of hydrogen-bond donors (Lipinski definition) is 1. The van der Waals surface area contributed by atoms with Gasteiger partial charge in [0.25, 0.3) is 0 Å². The fourth-order valence-corrected chi connectivity index (χ4v) is 2.85. The Balaban J connectivity index is 1.90. The van der Waals surface area contributed by atoms with Crippen molar-refractivity contribution >= 4 is 0 Å². The summed E-state index contributed by atoms with van der Waals surface area (Å²) in [7, 11) is 0. The molecule has 1 saturated heterocycles. The lowest BCUT2D eigenvalue weighted by molar-refractivity contribution is 0.255. The Labute approximate surface area is 116 Å². The second kappa shape index (κ2) is 6.49. The molecule has 1 heterocycles. The summed E-state index contributed by atoms with van der Waals surface area (Å²) in [5, 5.41) is 3.54. The van der Waals surface area contributed by atoms with Crippen molar-refractivity contribution in [1.29, 1.82) is 0 Å². The summed E-state index contributed by atoms with van der Waals surface area (Å²) >= 11 is 0. The molecule has 0 aliphatic carbocycles. The molecule has 1 aromatic rings. The Kier molecular flexibility index (Phi) is 4.94. The average Bonchev–Trinajstić information content (AvgIpc) is 2.86. The van der Waals surface area contributed by atoms with Gasteiger partial charge in [-0.3, -0.25) is 4.90 Å². The van der Waals surface area contributed by atoms with Crippen LogP contribution in [-0.2, 0) is 0 Å². The van der Waals surface area contributed by atoms with E-state index < -0.39 is 0 Å². The highest BCUT2D eigenvalue weighted by molar-refractivity contribution is 5.25. The van der Waals surface area contributed by atoms with Crippen molar-refractivity contribution in [1.82, 2.24) is 10.2 Å². The summed E-state index contributed by atoms with van der Waals surface area (Å²) in [6, 6.07) is 6.37. The number of benzene rings is 1. The van der Waals surface area contributed by atoms with Crippen LogP contribution in [0.5, 0.6) is 0 Å². The van der Waals surface area contributed by atoms with Crippen molar-refractivity contribution in [3.63, 3.8) is 0 Å². The highest BCUT2D eigenvalue weighted by atomic mass is 19.1. The van der Waals surface area contributed by atoms with Crippen LogP contribution in [0.3, 0.4) is 0 Å². The van der Waals surface area contributed by atoms with Gasteiger partial charge < -0.3 is 5.32 Å². The SMILES string of the molecule is CCN1CCCC1CNC(C)c1ccc(C)c(F)c1. The number of likely N-dealkylation sites (N-methyl/N-ethyl adjacent to an activating group) is 1. The Morgan fingerprint density at radius 3 is 2.95 bits per heavy atom. The normalized spacial score (nSPS) is 21.8. The first-order valence-corrected chi connectivity index (χ1v) is 7.35. The van der Waals surface area contributed by atoms with Gasteiger partial charge in [-0.25, -0.2) is 4.39 Å². The van der Waals surface area contributed by atoms with Gasteiger partial charge in [0.1, 0.15) is 5.82 Å². The van der Waals surface area contributed by atoms with Crippen molar-refractivity contribution in [3.8, 4) is 0 Å². The minimum absolute atomic E-state index is 0.109. The van der Waals surface area contributed by atoms with Gasteiger partial charge in [0.05, 0.1) is 0 Å². The average molecular weight is 264 g/mol. The molecule has 2 unspecified atom stereocenters. The molecule has 2 nitrogen and oxygen atoms in total. The highest BCUT2D eigenvalue weighted by Gasteiger charge is 2.23. The molecule has 0 spiro atoms. The molecule has 0 bridgehead atoms. The molecule has 3 heteroatoms. The lowest BCUT2D eigenvalue weighted by atomic mass is 10.1. The second-order valence-corrected chi connectivity index (χ2v) is 5.56. The van der Waals surface area contributed by atoms with Gasteiger partial charge in [-0.1, -0.05) is 19.1 Å². The number of likely N-dealkylation sites (tertiary alicyclic amines) is 1. The van der Waals surface area contributed by atoms with Crippen LogP contribution in [0, 0.1) is 12.7 Å². The van der Waals surface area contributed by atoms with Crippen LogP contribution in [-0.4, -0.2) is 30.6 Å². The number of nitrogens with one attached hydrogen (secondary N) is 1. The monoisotopic (exact) mass is 264 g/mol. The third-order valence-electron chi connectivity index (χ3n) is 4.26. The van der Waals surface area contributed by atoms with E-state index in [1.165, 1.54) is 19.4 Å². The van der Waals surface area contributed by atoms with Gasteiger partial charge in [0.15, 0.2) is 0 Å². The van der Waals surface area contributed by atoms with Crippen LogP contribution in [0.4, 0.5) is 4.39 Å². The Bertz CT molecular complexity index is 419. The number of nitrogens with zero attached hydrogens (tertiary/aromatic N) is 1. The first kappa shape index (κ1) is 14.5. The Hall–Kier alpha value is -0.930. The van der Waals surface area contributed by atoms with E-state index in [1.54, 1.807) is 13.0 Å². The van der Waals surface area contributed by atoms with Crippen LogP contribution in [0.1, 0.15) is 43.9 Å². The van der Waals surface area contributed by atoms with Crippen LogP contribution < -0.4 is 5.32 Å². The molecule has 19 heavy (non-hydrogen) atoms. The molecular formula is C16H25FN2. The van der Waals surface area contributed by atoms with Crippen molar-refractivity contribution in [2.75, 3.05) is 19.6 Å². The summed E-state index contributed by atoms with van der Waals surface area (Å²) in [6.45, 7) is 9.46. The summed E-state index contributed by atoms with van der Waals surface area (Å²) in [5.74, 6) is -0.109. The van der Waals surface area contributed by atoms with E-state index in [4.69, 9.17) is 0 Å². The van der Waals surface area contributed by atoms with Crippen LogP contribution in [0.2, 0.25) is 0 Å². The second-order valence-electron chi connectivity index (χ2n) is 5.56. The standard InChI is InChI=1S/C16H25FN2/c1-4-19-9-5-6-15(19)11-18-13(3)14-8-7-12(2)16(17)10-14/h7-8,10,13,15,18H,4-6,9,11H2,1-3H3. The van der Waals surface area contributed by atoms with E-state index in [9.17, 15) is 4.39 Å². The van der Waals surface area contributed by atoms with Gasteiger partial charge >= 0.3 is 0 Å². The fourth-order valence-electron chi connectivity index (χ4n) is 2.85. The largest absolute Gasteiger partial charge is 0.309 e. The number of rotatable bonds is 5. The van der Waals surface area contributed by atoms with Crippen molar-refractivity contribution in [3.05, 3.63) is 35.1 Å². The fraction of sp³-hybridized carbons (Fsp3) is 0.625. The zero-order chi connectivity index (χ0) is 13.8. The summed E-state index contributed by atoms with van der Waals surface area (Å²) in [6.07, 6.45) is 2.57. The zero-order valence-electron chi connectivity index (χ0n) is 12.2. The molecule has 1 aliphatic heterocycles. The predicted octanol–water partition coefficient (Wildman–Crippen LogP) is 3.27. The van der Waals surface area contributed by atoms with Gasteiger partial charge in [0.2, 0.25) is 0 Å². The van der Waals surface area contributed by atoms with E-state index in [0.29, 0.717) is 11.6 Å². The van der Waals surface area contributed by atoms with Crippen LogP contribution >= 0.6 is 0 Å². The van der Waals surface area contributed by atoms with Crippen molar-refractivity contribution in [2.45, 2.75) is 45.7 Å². The molecule has 106 valence electrons. The van der Waals surface area contributed by atoms with Gasteiger partial charge in [-0.2, -0.15) is 0 Å². The molecule has 1 aliphatic rings. The molecule has 0 amide bonds. The Morgan fingerprint density at radius 2 is 2.26 bits per heavy atom. The molecule has 1 N–H and O–H groups in total. The Morgan fingerprint density at radius 1 is 1.47 bits per heavy atom. The zero-order valence-corrected chi connectivity index (χ0v) is 12.2. The molecular weight excluding hydrogens is 239 g/mol. The summed E-state index contributed by atoms with van der Waals surface area (Å²) < 4.78 is 13.6. The highest BCUT2D eigenvalue weighted by Crippen LogP contribution is 2.19. The minimum Gasteiger partial charge on any atom is -0.309 e. The minimum atomic E-state index is -0.109. The lowest BCUT2D eigenvalue weighted by Gasteiger charge is -2.25. The molecule has 2 atom stereocenters. The van der Waals surface area contributed by atoms with Crippen molar-refractivity contribution in [2.24, 2.45) is 0 Å². The molecule has 2 rings (SSSR count). The quantitative estimate of drug-likeness (QED) is 0.878. The number of aryl methyl sites for hydroxylation is 1. The maximum absolute atomic E-state index is 13.6. The van der Waals surface area contributed by atoms with Gasteiger partial charge in [-0.15, -0.1) is 0 Å². The number of halogens is 1. The van der Waals surface area contributed by atoms with Crippen LogP contribution in [0.15, 0.2) is 18.2 Å². The maximum atomic E-state index is 13.6. The molecule has 1 aromatic carbocycles. The third kappa shape index (κ3) is 3.54. The summed E-state index contributed by atoms with van der Waals surface area (Å²) in [5.41, 5.74) is 1.74. The van der Waals surface area contributed by atoms with E-state index in [0.717, 1.165) is 18.7 Å². The third-order valence-corrected chi connectivity index (χ3v) is 4.26. The van der Waals surface area contributed by atoms with E-state index >= 15 is 0 Å². The van der Waals surface area contributed by atoms with E-state index in [1.807, 2.05) is 12.1 Å². The molecule has 0 saturated carbocycles. The van der Waals surface area contributed by atoms with Gasteiger partial charge in [0, 0.05) is 18.6 Å². The van der Waals surface area contributed by atoms with E-state index in [2.05, 4.69) is 24.1 Å². The first-order chi connectivity index (χ1) is 9.11. The van der Waals surface area contributed by atoms with Crippen molar-refractivity contribution < 1.29 is 4.39 Å². The summed E-state index contributed by atoms with van der Waals surface area (Å²) in [4.78, 5) is 2.52. The lowest BCUT2D eigenvalue weighted by Crippen LogP contribution is -2.38. The molecule has 0 radical (unpaired) electrons. The van der Waals surface area contributed by atoms with Gasteiger partial charge in [-0.05, 0) is 57.0 Å². The smallest absolute Gasteiger partial charge is 0.126 e. The maximum Gasteiger partial charge on any atom is 0.126 e. The number of hydrogen-bond acceptors (Lipinski definition) is 2. The topological polar surface area (TPSA) is 15.3 Å².